The lowest BCUT2D eigenvalue weighted by Gasteiger charge is -2.03. The number of likely N-dealkylation sites (N-methyl/N-ethyl adjacent to an activating group) is 1. The van der Waals surface area contributed by atoms with Crippen molar-refractivity contribution in [2.75, 3.05) is 18.0 Å². The molecule has 17 heavy (non-hydrogen) atoms. The van der Waals surface area contributed by atoms with E-state index in [4.69, 9.17) is 0 Å². The van der Waals surface area contributed by atoms with E-state index in [2.05, 4.69) is 10.0 Å². The van der Waals surface area contributed by atoms with Crippen molar-refractivity contribution in [2.45, 2.75) is 0 Å². The number of carbonyl (C=O) groups excluding carboxylic acids is 1. The number of hydrogen-bond donors (Lipinski definition) is 2. The average Bonchev–Trinajstić information content (AvgIpc) is 2.25. The molecule has 0 bridgehead atoms. The molecule has 0 fully saturated rings. The predicted molar refractivity (Wildman–Crippen MR) is 68.0 cm³/mol. The van der Waals surface area contributed by atoms with E-state index in [1.165, 1.54) is 6.08 Å². The van der Waals surface area contributed by atoms with Crippen molar-refractivity contribution in [1.29, 1.82) is 0 Å². The first-order chi connectivity index (χ1) is 7.90. The van der Waals surface area contributed by atoms with E-state index in [9.17, 15) is 13.2 Å². The molecule has 1 aromatic rings. The van der Waals surface area contributed by atoms with Crippen LogP contribution in [-0.4, -0.2) is 27.6 Å². The molecule has 0 aliphatic rings. The molecule has 0 heterocycles. The summed E-state index contributed by atoms with van der Waals surface area (Å²) in [5.74, 6) is -0.191. The Morgan fingerprint density at radius 3 is 2.29 bits per heavy atom. The summed E-state index contributed by atoms with van der Waals surface area (Å²) in [6.07, 6.45) is 4.13. The van der Waals surface area contributed by atoms with Crippen LogP contribution in [0.5, 0.6) is 0 Å². The van der Waals surface area contributed by atoms with Gasteiger partial charge in [-0.3, -0.25) is 9.52 Å². The van der Waals surface area contributed by atoms with Crippen LogP contribution in [0.1, 0.15) is 5.56 Å². The number of anilines is 1. The van der Waals surface area contributed by atoms with Crippen LogP contribution in [-0.2, 0) is 14.8 Å². The number of rotatable bonds is 4. The molecule has 0 radical (unpaired) electrons. The molecule has 0 aliphatic carbocycles. The summed E-state index contributed by atoms with van der Waals surface area (Å²) in [4.78, 5) is 11.0. The van der Waals surface area contributed by atoms with Gasteiger partial charge in [0, 0.05) is 18.8 Å². The number of carbonyl (C=O) groups is 1. The highest BCUT2D eigenvalue weighted by Gasteiger charge is 2.00. The fraction of sp³-hybridized carbons (Fsp3) is 0.182. The molecule has 0 atom stereocenters. The van der Waals surface area contributed by atoms with Crippen LogP contribution in [0, 0.1) is 0 Å². The van der Waals surface area contributed by atoms with Crippen molar-refractivity contribution in [3.63, 3.8) is 0 Å². The SMILES string of the molecule is CNC(=O)/C=C/c1ccc(NS(C)(=O)=O)cc1. The molecular formula is C11H14N2O3S. The molecule has 1 amide bonds. The van der Waals surface area contributed by atoms with E-state index in [0.29, 0.717) is 5.69 Å². The Hall–Kier alpha value is -1.82. The minimum Gasteiger partial charge on any atom is -0.356 e. The second kappa shape index (κ2) is 5.49. The lowest BCUT2D eigenvalue weighted by atomic mass is 10.2. The molecular weight excluding hydrogens is 240 g/mol. The smallest absolute Gasteiger partial charge is 0.243 e. The number of hydrogen-bond acceptors (Lipinski definition) is 3. The zero-order valence-electron chi connectivity index (χ0n) is 9.60. The summed E-state index contributed by atoms with van der Waals surface area (Å²) >= 11 is 0. The first kappa shape index (κ1) is 13.2. The van der Waals surface area contributed by atoms with Crippen LogP contribution in [0.4, 0.5) is 5.69 Å². The Bertz CT molecular complexity index is 518. The summed E-state index contributed by atoms with van der Waals surface area (Å²) in [6, 6.07) is 6.69. The van der Waals surface area contributed by atoms with Crippen molar-refractivity contribution in [3.05, 3.63) is 35.9 Å². The van der Waals surface area contributed by atoms with E-state index < -0.39 is 10.0 Å². The van der Waals surface area contributed by atoms with Gasteiger partial charge in [0.05, 0.1) is 6.26 Å². The monoisotopic (exact) mass is 254 g/mol. The van der Waals surface area contributed by atoms with Crippen molar-refractivity contribution in [3.8, 4) is 0 Å². The van der Waals surface area contributed by atoms with E-state index in [1.54, 1.807) is 37.4 Å². The first-order valence-corrected chi connectivity index (χ1v) is 6.77. The van der Waals surface area contributed by atoms with Gasteiger partial charge in [-0.25, -0.2) is 8.42 Å². The highest BCUT2D eigenvalue weighted by atomic mass is 32.2. The molecule has 5 nitrogen and oxygen atoms in total. The fourth-order valence-electron chi connectivity index (χ4n) is 1.13. The summed E-state index contributed by atoms with van der Waals surface area (Å²) in [5.41, 5.74) is 1.30. The van der Waals surface area contributed by atoms with Crippen molar-refractivity contribution < 1.29 is 13.2 Å². The summed E-state index contributed by atoms with van der Waals surface area (Å²) in [6.45, 7) is 0. The second-order valence-electron chi connectivity index (χ2n) is 3.44. The Morgan fingerprint density at radius 2 is 1.82 bits per heavy atom. The van der Waals surface area contributed by atoms with Crippen molar-refractivity contribution in [2.24, 2.45) is 0 Å². The minimum atomic E-state index is -3.25. The summed E-state index contributed by atoms with van der Waals surface area (Å²) < 4.78 is 24.3. The van der Waals surface area contributed by atoms with Gasteiger partial charge in [-0.15, -0.1) is 0 Å². The van der Waals surface area contributed by atoms with Gasteiger partial charge in [0.25, 0.3) is 0 Å². The van der Waals surface area contributed by atoms with Gasteiger partial charge in [-0.05, 0) is 23.8 Å². The standard InChI is InChI=1S/C11H14N2O3S/c1-12-11(14)8-5-9-3-6-10(7-4-9)13-17(2,15)16/h3-8,13H,1-2H3,(H,12,14)/b8-5+. The third-order valence-electron chi connectivity index (χ3n) is 1.89. The topological polar surface area (TPSA) is 75.3 Å². The maximum atomic E-state index is 11.0. The quantitative estimate of drug-likeness (QED) is 0.781. The first-order valence-electron chi connectivity index (χ1n) is 4.88. The molecule has 0 saturated carbocycles. The molecule has 0 aromatic heterocycles. The Labute approximate surface area is 101 Å². The molecule has 0 spiro atoms. The highest BCUT2D eigenvalue weighted by molar-refractivity contribution is 7.92. The normalized spacial score (nSPS) is 11.4. The number of amides is 1. The van der Waals surface area contributed by atoms with E-state index in [-0.39, 0.29) is 5.91 Å². The average molecular weight is 254 g/mol. The summed E-state index contributed by atoms with van der Waals surface area (Å²) in [7, 11) is -1.70. The lowest BCUT2D eigenvalue weighted by molar-refractivity contribution is -0.115. The molecule has 0 aliphatic heterocycles. The third kappa shape index (κ3) is 5.17. The zero-order valence-corrected chi connectivity index (χ0v) is 10.4. The largest absolute Gasteiger partial charge is 0.356 e. The van der Waals surface area contributed by atoms with Gasteiger partial charge in [0.1, 0.15) is 0 Å². The predicted octanol–water partition coefficient (Wildman–Crippen LogP) is 0.817. The van der Waals surface area contributed by atoms with Gasteiger partial charge in [-0.2, -0.15) is 0 Å². The van der Waals surface area contributed by atoms with E-state index >= 15 is 0 Å². The number of benzene rings is 1. The highest BCUT2D eigenvalue weighted by Crippen LogP contribution is 2.11. The van der Waals surface area contributed by atoms with Gasteiger partial charge >= 0.3 is 0 Å². The fourth-order valence-corrected chi connectivity index (χ4v) is 1.70. The molecule has 0 unspecified atom stereocenters. The third-order valence-corrected chi connectivity index (χ3v) is 2.49. The van der Waals surface area contributed by atoms with Crippen LogP contribution in [0.15, 0.2) is 30.3 Å². The Kier molecular flexibility index (Phi) is 4.28. The molecule has 0 saturated heterocycles. The molecule has 92 valence electrons. The molecule has 6 heteroatoms. The minimum absolute atomic E-state index is 0.191. The lowest BCUT2D eigenvalue weighted by Crippen LogP contribution is -2.13. The van der Waals surface area contributed by atoms with Gasteiger partial charge < -0.3 is 5.32 Å². The van der Waals surface area contributed by atoms with Crippen LogP contribution >= 0.6 is 0 Å². The van der Waals surface area contributed by atoms with Gasteiger partial charge in [-0.1, -0.05) is 12.1 Å². The van der Waals surface area contributed by atoms with Crippen LogP contribution in [0.3, 0.4) is 0 Å². The van der Waals surface area contributed by atoms with Crippen LogP contribution < -0.4 is 10.0 Å². The maximum absolute atomic E-state index is 11.0. The van der Waals surface area contributed by atoms with Crippen LogP contribution in [0.2, 0.25) is 0 Å². The van der Waals surface area contributed by atoms with E-state index in [1.807, 2.05) is 0 Å². The number of sulfonamides is 1. The maximum Gasteiger partial charge on any atom is 0.243 e. The molecule has 1 aromatic carbocycles. The second-order valence-corrected chi connectivity index (χ2v) is 5.19. The zero-order chi connectivity index (χ0) is 12.9. The van der Waals surface area contributed by atoms with Gasteiger partial charge in [0.2, 0.25) is 15.9 Å². The van der Waals surface area contributed by atoms with Crippen LogP contribution in [0.25, 0.3) is 6.08 Å². The number of nitrogens with one attached hydrogen (secondary N) is 2. The molecule has 1 rings (SSSR count). The van der Waals surface area contributed by atoms with Crippen molar-refractivity contribution in [1.82, 2.24) is 5.32 Å². The Balaban J connectivity index is 2.75. The Morgan fingerprint density at radius 1 is 1.24 bits per heavy atom. The van der Waals surface area contributed by atoms with Crippen molar-refractivity contribution >= 4 is 27.7 Å². The van der Waals surface area contributed by atoms with E-state index in [0.717, 1.165) is 11.8 Å². The molecule has 2 N–H and O–H groups in total. The summed E-state index contributed by atoms with van der Waals surface area (Å²) in [5, 5.41) is 2.46. The van der Waals surface area contributed by atoms with Gasteiger partial charge in [0.15, 0.2) is 0 Å².